The number of aryl methyl sites for hydroxylation is 1. The van der Waals surface area contributed by atoms with Gasteiger partial charge in [-0.1, -0.05) is 0 Å². The molecule has 0 aliphatic rings. The maximum Gasteiger partial charge on any atom is 0.317 e. The fourth-order valence-corrected chi connectivity index (χ4v) is 0.326. The van der Waals surface area contributed by atoms with Gasteiger partial charge in [-0.25, -0.2) is 4.98 Å². The Kier molecular flexibility index (Phi) is 4.76. The summed E-state index contributed by atoms with van der Waals surface area (Å²) in [5.41, 5.74) is 4.57. The van der Waals surface area contributed by atoms with Crippen LogP contribution in [0, 0.1) is 0 Å². The number of nitrogens with zero attached hydrogens (tertiary/aromatic N) is 2. The number of carboxylic acids is 1. The Morgan fingerprint density at radius 3 is 2.45 bits per heavy atom. The predicted molar refractivity (Wildman–Crippen MR) is 39.9 cm³/mol. The lowest BCUT2D eigenvalue weighted by Crippen LogP contribution is -2.10. The molecule has 0 fully saturated rings. The fourth-order valence-electron chi connectivity index (χ4n) is 0.326. The molecule has 5 heteroatoms. The van der Waals surface area contributed by atoms with Gasteiger partial charge in [0.05, 0.1) is 12.9 Å². The Balaban J connectivity index is 0.000000187. The van der Waals surface area contributed by atoms with Crippen LogP contribution in [0.3, 0.4) is 0 Å². The molecule has 0 aliphatic carbocycles. The highest BCUT2D eigenvalue weighted by Crippen LogP contribution is 1.73. The zero-order valence-electron chi connectivity index (χ0n) is 6.27. The second-order valence-corrected chi connectivity index (χ2v) is 1.83. The van der Waals surface area contributed by atoms with Crippen LogP contribution in [0.5, 0.6) is 0 Å². The zero-order valence-corrected chi connectivity index (χ0v) is 6.27. The Hall–Kier alpha value is -1.36. The third-order valence-electron chi connectivity index (χ3n) is 0.811. The molecule has 1 rings (SSSR count). The first-order valence-corrected chi connectivity index (χ1v) is 3.00. The number of hydrogen-bond donors (Lipinski definition) is 2. The SMILES string of the molecule is Cn1ccnc1.NCC(=O)O. The first-order chi connectivity index (χ1) is 5.16. The number of carbonyl (C=O) groups is 1. The van der Waals surface area contributed by atoms with Gasteiger partial charge < -0.3 is 15.4 Å². The van der Waals surface area contributed by atoms with E-state index in [1.807, 2.05) is 17.8 Å². The van der Waals surface area contributed by atoms with Crippen molar-refractivity contribution >= 4 is 5.97 Å². The van der Waals surface area contributed by atoms with E-state index < -0.39 is 5.97 Å². The molecule has 1 aromatic rings. The van der Waals surface area contributed by atoms with E-state index in [1.54, 1.807) is 12.5 Å². The average molecular weight is 157 g/mol. The van der Waals surface area contributed by atoms with Crippen LogP contribution >= 0.6 is 0 Å². The lowest BCUT2D eigenvalue weighted by Gasteiger charge is -1.76. The van der Waals surface area contributed by atoms with E-state index in [0.29, 0.717) is 0 Å². The molecule has 1 aromatic heterocycles. The van der Waals surface area contributed by atoms with Crippen molar-refractivity contribution in [3.63, 3.8) is 0 Å². The third kappa shape index (κ3) is 6.53. The molecule has 1 heterocycles. The molecule has 62 valence electrons. The number of nitrogens with two attached hydrogens (primary N) is 1. The predicted octanol–water partition coefficient (Wildman–Crippen LogP) is -0.550. The summed E-state index contributed by atoms with van der Waals surface area (Å²) < 4.78 is 1.89. The van der Waals surface area contributed by atoms with Gasteiger partial charge in [-0.15, -0.1) is 0 Å². The highest BCUT2D eigenvalue weighted by molar-refractivity contribution is 5.68. The van der Waals surface area contributed by atoms with Gasteiger partial charge in [-0.05, 0) is 0 Å². The summed E-state index contributed by atoms with van der Waals surface area (Å²) in [5, 5.41) is 7.60. The Labute approximate surface area is 64.5 Å². The molecular formula is C6H11N3O2. The molecule has 3 N–H and O–H groups in total. The third-order valence-corrected chi connectivity index (χ3v) is 0.811. The lowest BCUT2D eigenvalue weighted by molar-refractivity contribution is -0.135. The van der Waals surface area contributed by atoms with Gasteiger partial charge in [0.25, 0.3) is 0 Å². The smallest absolute Gasteiger partial charge is 0.317 e. The van der Waals surface area contributed by atoms with Gasteiger partial charge in [0.15, 0.2) is 0 Å². The minimum absolute atomic E-state index is 0.278. The minimum atomic E-state index is -0.968. The van der Waals surface area contributed by atoms with Gasteiger partial charge in [-0.2, -0.15) is 0 Å². The van der Waals surface area contributed by atoms with Crippen molar-refractivity contribution in [2.75, 3.05) is 6.54 Å². The number of aromatic nitrogens is 2. The van der Waals surface area contributed by atoms with Crippen LogP contribution in [0.15, 0.2) is 18.7 Å². The Morgan fingerprint density at radius 1 is 1.82 bits per heavy atom. The van der Waals surface area contributed by atoms with Crippen molar-refractivity contribution < 1.29 is 9.90 Å². The van der Waals surface area contributed by atoms with Crippen LogP contribution in [0.25, 0.3) is 0 Å². The van der Waals surface area contributed by atoms with E-state index in [1.165, 1.54) is 0 Å². The number of hydrogen-bond acceptors (Lipinski definition) is 3. The van der Waals surface area contributed by atoms with Crippen LogP contribution in [0.2, 0.25) is 0 Å². The van der Waals surface area contributed by atoms with Crippen molar-refractivity contribution in [1.82, 2.24) is 9.55 Å². The summed E-state index contributed by atoms with van der Waals surface area (Å²) in [7, 11) is 1.94. The molecule has 0 spiro atoms. The number of carboxylic acid groups (broad SMARTS) is 1. The van der Waals surface area contributed by atoms with E-state index in [9.17, 15) is 4.79 Å². The second kappa shape index (κ2) is 5.43. The Bertz CT molecular complexity index is 196. The molecule has 0 unspecified atom stereocenters. The number of rotatable bonds is 1. The topological polar surface area (TPSA) is 81.1 Å². The van der Waals surface area contributed by atoms with Crippen LogP contribution in [0.4, 0.5) is 0 Å². The van der Waals surface area contributed by atoms with Crippen molar-refractivity contribution in [3.8, 4) is 0 Å². The molecule has 0 atom stereocenters. The molecular weight excluding hydrogens is 146 g/mol. The Morgan fingerprint density at radius 2 is 2.36 bits per heavy atom. The van der Waals surface area contributed by atoms with Crippen LogP contribution in [0.1, 0.15) is 0 Å². The molecule has 0 saturated carbocycles. The van der Waals surface area contributed by atoms with Gasteiger partial charge >= 0.3 is 5.97 Å². The van der Waals surface area contributed by atoms with Gasteiger partial charge in [0, 0.05) is 19.4 Å². The van der Waals surface area contributed by atoms with Crippen molar-refractivity contribution in [2.45, 2.75) is 0 Å². The summed E-state index contributed by atoms with van der Waals surface area (Å²) >= 11 is 0. The van der Waals surface area contributed by atoms with Crippen molar-refractivity contribution in [3.05, 3.63) is 18.7 Å². The van der Waals surface area contributed by atoms with Gasteiger partial charge in [0.1, 0.15) is 0 Å². The standard InChI is InChI=1S/C4H6N2.C2H5NO2/c1-6-3-2-5-4-6;3-1-2(4)5/h2-4H,1H3;1,3H2,(H,4,5). The van der Waals surface area contributed by atoms with Gasteiger partial charge in [0.2, 0.25) is 0 Å². The fraction of sp³-hybridized carbons (Fsp3) is 0.333. The maximum absolute atomic E-state index is 9.24. The first kappa shape index (κ1) is 9.64. The minimum Gasteiger partial charge on any atom is -0.480 e. The van der Waals surface area contributed by atoms with Crippen LogP contribution in [-0.2, 0) is 11.8 Å². The summed E-state index contributed by atoms with van der Waals surface area (Å²) in [6.07, 6.45) is 5.39. The van der Waals surface area contributed by atoms with Gasteiger partial charge in [-0.3, -0.25) is 4.79 Å². The van der Waals surface area contributed by atoms with E-state index in [4.69, 9.17) is 5.11 Å². The second-order valence-electron chi connectivity index (χ2n) is 1.83. The van der Waals surface area contributed by atoms with Crippen LogP contribution < -0.4 is 5.73 Å². The zero-order chi connectivity index (χ0) is 8.69. The molecule has 0 amide bonds. The van der Waals surface area contributed by atoms with E-state index in [2.05, 4.69) is 10.7 Å². The van der Waals surface area contributed by atoms with Crippen molar-refractivity contribution in [1.29, 1.82) is 0 Å². The normalized spacial score (nSPS) is 8.18. The molecule has 0 aliphatic heterocycles. The average Bonchev–Trinajstić information content (AvgIpc) is 2.41. The summed E-state index contributed by atoms with van der Waals surface area (Å²) in [4.78, 5) is 13.0. The number of imidazole rings is 1. The maximum atomic E-state index is 9.24. The van der Waals surface area contributed by atoms with E-state index in [-0.39, 0.29) is 6.54 Å². The largest absolute Gasteiger partial charge is 0.480 e. The molecule has 0 radical (unpaired) electrons. The first-order valence-electron chi connectivity index (χ1n) is 3.00. The van der Waals surface area contributed by atoms with Crippen molar-refractivity contribution in [2.24, 2.45) is 12.8 Å². The molecule has 0 bridgehead atoms. The highest BCUT2D eigenvalue weighted by Gasteiger charge is 1.81. The van der Waals surface area contributed by atoms with Crippen LogP contribution in [-0.4, -0.2) is 27.2 Å². The molecule has 0 aromatic carbocycles. The quantitative estimate of drug-likeness (QED) is 0.573. The van der Waals surface area contributed by atoms with E-state index >= 15 is 0 Å². The molecule has 11 heavy (non-hydrogen) atoms. The van der Waals surface area contributed by atoms with E-state index in [0.717, 1.165) is 0 Å². The lowest BCUT2D eigenvalue weighted by atomic mass is 10.7. The molecule has 0 saturated heterocycles. The highest BCUT2D eigenvalue weighted by atomic mass is 16.4. The summed E-state index contributed by atoms with van der Waals surface area (Å²) in [6.45, 7) is -0.278. The molecule has 5 nitrogen and oxygen atoms in total. The summed E-state index contributed by atoms with van der Waals surface area (Å²) in [5.74, 6) is -0.968. The summed E-state index contributed by atoms with van der Waals surface area (Å²) in [6, 6.07) is 0. The number of aliphatic carboxylic acids is 1. The monoisotopic (exact) mass is 157 g/mol.